The van der Waals surface area contributed by atoms with Crippen LogP contribution >= 0.6 is 0 Å². The van der Waals surface area contributed by atoms with E-state index in [1.54, 1.807) is 0 Å². The lowest BCUT2D eigenvalue weighted by Crippen LogP contribution is -2.01. The highest BCUT2D eigenvalue weighted by Gasteiger charge is 2.06. The molecular formula is C15H18N4O. The lowest BCUT2D eigenvalue weighted by atomic mass is 10.2. The van der Waals surface area contributed by atoms with E-state index in [2.05, 4.69) is 46.8 Å². The van der Waals surface area contributed by atoms with Gasteiger partial charge >= 0.3 is 5.69 Å². The van der Waals surface area contributed by atoms with Gasteiger partial charge in [-0.25, -0.2) is 4.79 Å². The Morgan fingerprint density at radius 2 is 1.90 bits per heavy atom. The third-order valence-electron chi connectivity index (χ3n) is 3.88. The summed E-state index contributed by atoms with van der Waals surface area (Å²) < 4.78 is 2.18. The van der Waals surface area contributed by atoms with Crippen LogP contribution in [0.2, 0.25) is 0 Å². The molecule has 104 valence electrons. The number of H-pyrrole nitrogens is 2. The van der Waals surface area contributed by atoms with Crippen molar-refractivity contribution in [3.05, 3.63) is 51.7 Å². The van der Waals surface area contributed by atoms with Crippen LogP contribution < -0.4 is 11.0 Å². The van der Waals surface area contributed by atoms with Crippen molar-refractivity contribution in [1.82, 2.24) is 14.5 Å². The monoisotopic (exact) mass is 270 g/mol. The summed E-state index contributed by atoms with van der Waals surface area (Å²) in [4.78, 5) is 16.7. The molecule has 0 unspecified atom stereocenters. The zero-order chi connectivity index (χ0) is 14.3. The van der Waals surface area contributed by atoms with Crippen molar-refractivity contribution in [1.29, 1.82) is 0 Å². The van der Waals surface area contributed by atoms with Gasteiger partial charge in [0.2, 0.25) is 0 Å². The van der Waals surface area contributed by atoms with Gasteiger partial charge in [0, 0.05) is 30.7 Å². The Hall–Kier alpha value is -2.43. The van der Waals surface area contributed by atoms with E-state index in [0.29, 0.717) is 0 Å². The molecule has 2 aromatic heterocycles. The van der Waals surface area contributed by atoms with Gasteiger partial charge in [0.25, 0.3) is 0 Å². The van der Waals surface area contributed by atoms with E-state index < -0.39 is 0 Å². The van der Waals surface area contributed by atoms with Gasteiger partial charge in [-0.2, -0.15) is 0 Å². The van der Waals surface area contributed by atoms with Crippen molar-refractivity contribution >= 4 is 16.7 Å². The van der Waals surface area contributed by atoms with Crippen molar-refractivity contribution in [2.45, 2.75) is 20.4 Å². The smallest absolute Gasteiger partial charge is 0.323 e. The van der Waals surface area contributed by atoms with E-state index in [9.17, 15) is 4.79 Å². The maximum atomic E-state index is 11.2. The molecule has 0 bridgehead atoms. The minimum atomic E-state index is -0.174. The molecule has 0 spiro atoms. The topological polar surface area (TPSA) is 65.6 Å². The Balaban J connectivity index is 1.82. The molecule has 0 aliphatic carbocycles. The average Bonchev–Trinajstić information content (AvgIpc) is 2.90. The molecule has 0 fully saturated rings. The highest BCUT2D eigenvalue weighted by Crippen LogP contribution is 2.18. The van der Waals surface area contributed by atoms with Crippen LogP contribution in [0.3, 0.4) is 0 Å². The van der Waals surface area contributed by atoms with E-state index in [0.717, 1.165) is 23.3 Å². The van der Waals surface area contributed by atoms with Gasteiger partial charge in [0.1, 0.15) is 0 Å². The number of nitrogens with zero attached hydrogens (tertiary/aromatic N) is 1. The van der Waals surface area contributed by atoms with Crippen LogP contribution in [0.4, 0.5) is 5.69 Å². The van der Waals surface area contributed by atoms with Gasteiger partial charge in [0.05, 0.1) is 11.0 Å². The highest BCUT2D eigenvalue weighted by molar-refractivity contribution is 5.78. The predicted octanol–water partition coefficient (Wildman–Crippen LogP) is 2.42. The molecule has 2 heterocycles. The number of anilines is 1. The summed E-state index contributed by atoms with van der Waals surface area (Å²) in [5, 5.41) is 3.39. The van der Waals surface area contributed by atoms with Crippen LogP contribution in [0, 0.1) is 13.8 Å². The number of benzene rings is 1. The Morgan fingerprint density at radius 1 is 1.15 bits per heavy atom. The summed E-state index contributed by atoms with van der Waals surface area (Å²) in [6.07, 6.45) is 0. The molecule has 0 aliphatic rings. The first-order valence-corrected chi connectivity index (χ1v) is 6.62. The molecule has 1 aromatic carbocycles. The number of fused-ring (bicyclic) bond motifs is 1. The van der Waals surface area contributed by atoms with Gasteiger partial charge in [-0.05, 0) is 43.7 Å². The zero-order valence-corrected chi connectivity index (χ0v) is 11.9. The fourth-order valence-electron chi connectivity index (χ4n) is 2.45. The van der Waals surface area contributed by atoms with E-state index in [1.807, 2.05) is 18.2 Å². The molecule has 3 N–H and O–H groups in total. The first kappa shape index (κ1) is 12.6. The molecule has 5 nitrogen and oxygen atoms in total. The van der Waals surface area contributed by atoms with Crippen molar-refractivity contribution in [2.24, 2.45) is 7.05 Å². The third kappa shape index (κ3) is 2.11. The molecule has 3 aromatic rings. The number of aromatic amines is 2. The molecule has 0 radical (unpaired) electrons. The van der Waals surface area contributed by atoms with Crippen LogP contribution in [0.1, 0.15) is 17.0 Å². The summed E-state index contributed by atoms with van der Waals surface area (Å²) in [7, 11) is 2.07. The summed E-state index contributed by atoms with van der Waals surface area (Å²) in [6, 6.07) is 8.01. The number of aromatic nitrogens is 3. The largest absolute Gasteiger partial charge is 0.381 e. The quantitative estimate of drug-likeness (QED) is 0.684. The molecule has 3 rings (SSSR count). The molecule has 20 heavy (non-hydrogen) atoms. The molecule has 0 aliphatic heterocycles. The maximum Gasteiger partial charge on any atom is 0.323 e. The predicted molar refractivity (Wildman–Crippen MR) is 81.1 cm³/mol. The van der Waals surface area contributed by atoms with Crippen LogP contribution in [-0.2, 0) is 13.6 Å². The second-order valence-corrected chi connectivity index (χ2v) is 5.15. The van der Waals surface area contributed by atoms with E-state index in [1.165, 1.54) is 17.0 Å². The second kappa shape index (κ2) is 4.59. The minimum Gasteiger partial charge on any atom is -0.381 e. The molecule has 0 saturated carbocycles. The van der Waals surface area contributed by atoms with Gasteiger partial charge in [0.15, 0.2) is 0 Å². The lowest BCUT2D eigenvalue weighted by molar-refractivity contribution is 0.837. The van der Waals surface area contributed by atoms with Crippen molar-refractivity contribution in [2.75, 3.05) is 5.32 Å². The Bertz CT molecular complexity index is 822. The molecule has 5 heteroatoms. The summed E-state index contributed by atoms with van der Waals surface area (Å²) in [5.74, 6) is 0. The SMILES string of the molecule is Cc1cc(CNc2ccc3[nH]c(=O)[nH]c3c2)c(C)n1C. The van der Waals surface area contributed by atoms with Crippen molar-refractivity contribution in [3.8, 4) is 0 Å². The van der Waals surface area contributed by atoms with Crippen LogP contribution in [-0.4, -0.2) is 14.5 Å². The molecule has 0 saturated heterocycles. The minimum absolute atomic E-state index is 0.174. The third-order valence-corrected chi connectivity index (χ3v) is 3.88. The van der Waals surface area contributed by atoms with Gasteiger partial charge < -0.3 is 19.9 Å². The normalized spacial score (nSPS) is 11.2. The number of hydrogen-bond donors (Lipinski definition) is 3. The van der Waals surface area contributed by atoms with E-state index in [-0.39, 0.29) is 5.69 Å². The summed E-state index contributed by atoms with van der Waals surface area (Å²) in [5.41, 5.74) is 6.28. The maximum absolute atomic E-state index is 11.2. The van der Waals surface area contributed by atoms with E-state index in [4.69, 9.17) is 0 Å². The number of hydrogen-bond acceptors (Lipinski definition) is 2. The summed E-state index contributed by atoms with van der Waals surface area (Å²) in [6.45, 7) is 5.00. The van der Waals surface area contributed by atoms with Crippen molar-refractivity contribution < 1.29 is 0 Å². The molecule has 0 amide bonds. The molecule has 0 atom stereocenters. The fourth-order valence-corrected chi connectivity index (χ4v) is 2.45. The van der Waals surface area contributed by atoms with Gasteiger partial charge in [-0.15, -0.1) is 0 Å². The number of rotatable bonds is 3. The Morgan fingerprint density at radius 3 is 2.60 bits per heavy atom. The highest BCUT2D eigenvalue weighted by atomic mass is 16.1. The average molecular weight is 270 g/mol. The van der Waals surface area contributed by atoms with Gasteiger partial charge in [-0.1, -0.05) is 0 Å². The first-order chi connectivity index (χ1) is 9.54. The summed E-state index contributed by atoms with van der Waals surface area (Å²) >= 11 is 0. The fraction of sp³-hybridized carbons (Fsp3) is 0.267. The Kier molecular flexibility index (Phi) is 2.89. The van der Waals surface area contributed by atoms with Crippen molar-refractivity contribution in [3.63, 3.8) is 0 Å². The zero-order valence-electron chi connectivity index (χ0n) is 11.9. The molecular weight excluding hydrogens is 252 g/mol. The van der Waals surface area contributed by atoms with Crippen LogP contribution in [0.15, 0.2) is 29.1 Å². The number of aryl methyl sites for hydroxylation is 1. The van der Waals surface area contributed by atoms with Crippen LogP contribution in [0.5, 0.6) is 0 Å². The number of imidazole rings is 1. The Labute approximate surface area is 116 Å². The lowest BCUT2D eigenvalue weighted by Gasteiger charge is -2.07. The second-order valence-electron chi connectivity index (χ2n) is 5.15. The first-order valence-electron chi connectivity index (χ1n) is 6.62. The number of nitrogens with one attached hydrogen (secondary N) is 3. The van der Waals surface area contributed by atoms with Gasteiger partial charge in [-0.3, -0.25) is 0 Å². The van der Waals surface area contributed by atoms with E-state index >= 15 is 0 Å². The van der Waals surface area contributed by atoms with Crippen LogP contribution in [0.25, 0.3) is 11.0 Å². The standard InChI is InChI=1S/C15H18N4O/c1-9-6-11(10(2)19(9)3)8-16-12-4-5-13-14(7-12)18-15(20)17-13/h4-7,16H,8H2,1-3H3,(H2,17,18,20).